The molecule has 1 saturated carbocycles. The molecular formula is C22H23N3O3. The highest BCUT2D eigenvalue weighted by Crippen LogP contribution is 2.46. The SMILES string of the molecule is CC(Nc1ccc2c(c1)OC1(CCCCC1)O2)C(=O)Nc1ccccc1C#N. The molecule has 2 aromatic carbocycles. The summed E-state index contributed by atoms with van der Waals surface area (Å²) in [6.07, 6.45) is 5.25. The lowest BCUT2D eigenvalue weighted by molar-refractivity contribution is -0.116. The lowest BCUT2D eigenvalue weighted by Gasteiger charge is -2.31. The van der Waals surface area contributed by atoms with Crippen LogP contribution >= 0.6 is 0 Å². The molecule has 0 radical (unpaired) electrons. The van der Waals surface area contributed by atoms with Gasteiger partial charge in [-0.05, 0) is 44.0 Å². The highest BCUT2D eigenvalue weighted by Gasteiger charge is 2.42. The van der Waals surface area contributed by atoms with Crippen molar-refractivity contribution < 1.29 is 14.3 Å². The van der Waals surface area contributed by atoms with Gasteiger partial charge in [-0.25, -0.2) is 0 Å². The van der Waals surface area contributed by atoms with Crippen molar-refractivity contribution in [2.45, 2.75) is 50.9 Å². The minimum atomic E-state index is -0.511. The maximum Gasteiger partial charge on any atom is 0.251 e. The van der Waals surface area contributed by atoms with E-state index in [-0.39, 0.29) is 5.91 Å². The Bertz CT molecular complexity index is 929. The molecule has 144 valence electrons. The van der Waals surface area contributed by atoms with Crippen LogP contribution in [-0.4, -0.2) is 17.7 Å². The van der Waals surface area contributed by atoms with Crippen molar-refractivity contribution >= 4 is 17.3 Å². The van der Waals surface area contributed by atoms with E-state index in [4.69, 9.17) is 14.7 Å². The number of benzene rings is 2. The third kappa shape index (κ3) is 3.61. The van der Waals surface area contributed by atoms with Gasteiger partial charge < -0.3 is 20.1 Å². The number of carbonyl (C=O) groups excluding carboxylic acids is 1. The van der Waals surface area contributed by atoms with Gasteiger partial charge in [0.15, 0.2) is 11.5 Å². The zero-order valence-electron chi connectivity index (χ0n) is 15.8. The van der Waals surface area contributed by atoms with Crippen molar-refractivity contribution in [3.63, 3.8) is 0 Å². The summed E-state index contributed by atoms with van der Waals surface area (Å²) in [5.74, 6) is 0.745. The summed E-state index contributed by atoms with van der Waals surface area (Å²) in [6, 6.07) is 14.2. The highest BCUT2D eigenvalue weighted by molar-refractivity contribution is 5.97. The van der Waals surface area contributed by atoms with E-state index < -0.39 is 11.8 Å². The number of ether oxygens (including phenoxy) is 2. The van der Waals surface area contributed by atoms with E-state index in [2.05, 4.69) is 16.7 Å². The molecule has 0 saturated heterocycles. The first-order valence-corrected chi connectivity index (χ1v) is 9.67. The Morgan fingerprint density at radius 3 is 2.64 bits per heavy atom. The summed E-state index contributed by atoms with van der Waals surface area (Å²) in [5, 5.41) is 15.1. The van der Waals surface area contributed by atoms with E-state index in [1.165, 1.54) is 6.42 Å². The van der Waals surface area contributed by atoms with Crippen LogP contribution in [0.4, 0.5) is 11.4 Å². The van der Waals surface area contributed by atoms with Gasteiger partial charge in [0.05, 0.1) is 11.3 Å². The third-order valence-electron chi connectivity index (χ3n) is 5.23. The number of rotatable bonds is 4. The molecule has 1 fully saturated rings. The van der Waals surface area contributed by atoms with Crippen LogP contribution in [0.25, 0.3) is 0 Å². The number of fused-ring (bicyclic) bond motifs is 1. The van der Waals surface area contributed by atoms with Crippen LogP contribution in [0, 0.1) is 11.3 Å². The van der Waals surface area contributed by atoms with Crippen molar-refractivity contribution in [2.24, 2.45) is 0 Å². The normalized spacial score (nSPS) is 17.6. The Balaban J connectivity index is 1.42. The highest BCUT2D eigenvalue weighted by atomic mass is 16.7. The fraction of sp³-hybridized carbons (Fsp3) is 0.364. The Hall–Kier alpha value is -3.20. The number of anilines is 2. The first kappa shape index (κ1) is 18.2. The molecule has 2 aliphatic rings. The number of nitrogens with zero attached hydrogens (tertiary/aromatic N) is 1. The summed E-state index contributed by atoms with van der Waals surface area (Å²) < 4.78 is 12.2. The molecule has 2 aromatic rings. The van der Waals surface area contributed by atoms with Crippen LogP contribution in [0.5, 0.6) is 11.5 Å². The van der Waals surface area contributed by atoms with Gasteiger partial charge in [-0.15, -0.1) is 0 Å². The van der Waals surface area contributed by atoms with E-state index in [9.17, 15) is 4.79 Å². The van der Waals surface area contributed by atoms with Gasteiger partial charge >= 0.3 is 0 Å². The molecule has 1 aliphatic carbocycles. The zero-order valence-corrected chi connectivity index (χ0v) is 15.8. The molecule has 6 heteroatoms. The van der Waals surface area contributed by atoms with Gasteiger partial charge in [0.1, 0.15) is 12.1 Å². The molecule has 1 atom stereocenters. The number of hydrogen-bond donors (Lipinski definition) is 2. The minimum absolute atomic E-state index is 0.218. The second kappa shape index (κ2) is 7.43. The summed E-state index contributed by atoms with van der Waals surface area (Å²) in [6.45, 7) is 1.78. The Morgan fingerprint density at radius 2 is 1.86 bits per heavy atom. The lowest BCUT2D eigenvalue weighted by atomic mass is 9.94. The summed E-state index contributed by atoms with van der Waals surface area (Å²) in [7, 11) is 0. The van der Waals surface area contributed by atoms with E-state index >= 15 is 0 Å². The van der Waals surface area contributed by atoms with Crippen molar-refractivity contribution in [1.82, 2.24) is 0 Å². The number of nitriles is 1. The van der Waals surface area contributed by atoms with E-state index in [1.54, 1.807) is 31.2 Å². The summed E-state index contributed by atoms with van der Waals surface area (Å²) in [4.78, 5) is 12.5. The minimum Gasteiger partial charge on any atom is -0.448 e. The topological polar surface area (TPSA) is 83.4 Å². The maximum atomic E-state index is 12.5. The standard InChI is InChI=1S/C22H23N3O3/c1-15(21(26)25-18-8-4-3-7-16(18)14-23)24-17-9-10-19-20(13-17)28-22(27-19)11-5-2-6-12-22/h3-4,7-10,13,15,24H,2,5-6,11-12H2,1H3,(H,25,26). The monoisotopic (exact) mass is 377 g/mol. The van der Waals surface area contributed by atoms with Crippen LogP contribution in [-0.2, 0) is 4.79 Å². The quantitative estimate of drug-likeness (QED) is 0.824. The van der Waals surface area contributed by atoms with Gasteiger partial charge in [0.25, 0.3) is 5.79 Å². The number of carbonyl (C=O) groups is 1. The van der Waals surface area contributed by atoms with E-state index in [0.29, 0.717) is 17.0 Å². The fourth-order valence-corrected chi connectivity index (χ4v) is 3.72. The number of hydrogen-bond acceptors (Lipinski definition) is 5. The molecule has 0 aromatic heterocycles. The molecule has 4 rings (SSSR count). The van der Waals surface area contributed by atoms with E-state index in [0.717, 1.165) is 37.1 Å². The molecule has 6 nitrogen and oxygen atoms in total. The second-order valence-corrected chi connectivity index (χ2v) is 7.35. The third-order valence-corrected chi connectivity index (χ3v) is 5.23. The average molecular weight is 377 g/mol. The first-order chi connectivity index (χ1) is 13.6. The molecule has 1 amide bonds. The number of para-hydroxylation sites is 1. The molecular weight excluding hydrogens is 354 g/mol. The Kier molecular flexibility index (Phi) is 4.82. The van der Waals surface area contributed by atoms with Gasteiger partial charge in [-0.3, -0.25) is 4.79 Å². The van der Waals surface area contributed by atoms with Crippen molar-refractivity contribution in [1.29, 1.82) is 5.26 Å². The molecule has 28 heavy (non-hydrogen) atoms. The second-order valence-electron chi connectivity index (χ2n) is 7.35. The van der Waals surface area contributed by atoms with Crippen molar-refractivity contribution in [3.8, 4) is 17.6 Å². The number of nitrogens with one attached hydrogen (secondary N) is 2. The van der Waals surface area contributed by atoms with Crippen LogP contribution in [0.3, 0.4) is 0 Å². The van der Waals surface area contributed by atoms with Gasteiger partial charge in [-0.1, -0.05) is 18.6 Å². The lowest BCUT2D eigenvalue weighted by Crippen LogP contribution is -2.40. The zero-order chi connectivity index (χ0) is 19.6. The van der Waals surface area contributed by atoms with Crippen LogP contribution in [0.2, 0.25) is 0 Å². The van der Waals surface area contributed by atoms with Gasteiger partial charge in [0, 0.05) is 24.6 Å². The summed E-state index contributed by atoms with van der Waals surface area (Å²) in [5.41, 5.74) is 1.73. The molecule has 2 N–H and O–H groups in total. The average Bonchev–Trinajstić information content (AvgIpc) is 3.05. The van der Waals surface area contributed by atoms with E-state index in [1.807, 2.05) is 18.2 Å². The first-order valence-electron chi connectivity index (χ1n) is 9.67. The maximum absolute atomic E-state index is 12.5. The van der Waals surface area contributed by atoms with Crippen molar-refractivity contribution in [3.05, 3.63) is 48.0 Å². The smallest absolute Gasteiger partial charge is 0.251 e. The fourth-order valence-electron chi connectivity index (χ4n) is 3.72. The predicted molar refractivity (Wildman–Crippen MR) is 106 cm³/mol. The molecule has 1 unspecified atom stereocenters. The van der Waals surface area contributed by atoms with Crippen LogP contribution < -0.4 is 20.1 Å². The molecule has 1 heterocycles. The largest absolute Gasteiger partial charge is 0.448 e. The molecule has 0 bridgehead atoms. The van der Waals surface area contributed by atoms with Crippen LogP contribution in [0.1, 0.15) is 44.6 Å². The number of amides is 1. The Morgan fingerprint density at radius 1 is 1.11 bits per heavy atom. The van der Waals surface area contributed by atoms with Gasteiger partial charge in [0.2, 0.25) is 5.91 Å². The van der Waals surface area contributed by atoms with Crippen molar-refractivity contribution in [2.75, 3.05) is 10.6 Å². The molecule has 1 aliphatic heterocycles. The molecule has 1 spiro atoms. The predicted octanol–water partition coefficient (Wildman–Crippen LogP) is 4.43. The van der Waals surface area contributed by atoms with Gasteiger partial charge in [-0.2, -0.15) is 5.26 Å². The Labute approximate surface area is 164 Å². The summed E-state index contributed by atoms with van der Waals surface area (Å²) >= 11 is 0. The van der Waals surface area contributed by atoms with Crippen LogP contribution in [0.15, 0.2) is 42.5 Å².